The number of nitrogens with zero attached hydrogens (tertiary/aromatic N) is 1. The highest BCUT2D eigenvalue weighted by molar-refractivity contribution is 7.14. The Morgan fingerprint density at radius 1 is 1.17 bits per heavy atom. The summed E-state index contributed by atoms with van der Waals surface area (Å²) in [5.74, 6) is 0.155. The van der Waals surface area contributed by atoms with Gasteiger partial charge in [0.1, 0.15) is 5.60 Å². The molecule has 2 fully saturated rings. The Morgan fingerprint density at radius 3 is 2.88 bits per heavy atom. The lowest BCUT2D eigenvalue weighted by Gasteiger charge is -2.24. The largest absolute Gasteiger partial charge is 0.441 e. The van der Waals surface area contributed by atoms with Crippen molar-refractivity contribution in [1.82, 2.24) is 10.2 Å². The van der Waals surface area contributed by atoms with Gasteiger partial charge in [-0.1, -0.05) is 6.42 Å². The zero-order chi connectivity index (χ0) is 16.6. The summed E-state index contributed by atoms with van der Waals surface area (Å²) in [6.07, 6.45) is 8.13. The minimum absolute atomic E-state index is 0.155. The fourth-order valence-electron chi connectivity index (χ4n) is 4.08. The van der Waals surface area contributed by atoms with Gasteiger partial charge in [0.2, 0.25) is 0 Å². The molecular weight excluding hydrogens is 324 g/mol. The first-order valence-corrected chi connectivity index (χ1v) is 9.85. The molecule has 0 unspecified atom stereocenters. The van der Waals surface area contributed by atoms with Crippen molar-refractivity contribution in [3.8, 4) is 0 Å². The van der Waals surface area contributed by atoms with E-state index in [-0.39, 0.29) is 12.0 Å². The SMILES string of the molecule is O=C1NC[C@]2(CCCN(C(=O)c3cc4c(s3)CCCCC4)CC2)O1. The van der Waals surface area contributed by atoms with Crippen LogP contribution in [-0.4, -0.2) is 42.1 Å². The van der Waals surface area contributed by atoms with Crippen molar-refractivity contribution in [2.24, 2.45) is 0 Å². The molecule has 2 saturated heterocycles. The highest BCUT2D eigenvalue weighted by Gasteiger charge is 2.42. The van der Waals surface area contributed by atoms with Crippen molar-refractivity contribution in [1.29, 1.82) is 0 Å². The molecule has 0 aromatic carbocycles. The maximum atomic E-state index is 12.9. The molecule has 130 valence electrons. The molecule has 3 aliphatic rings. The Bertz CT molecular complexity index is 633. The minimum atomic E-state index is -0.404. The van der Waals surface area contributed by atoms with E-state index in [0.717, 1.165) is 43.5 Å². The Balaban J connectivity index is 1.46. The van der Waals surface area contributed by atoms with Crippen LogP contribution < -0.4 is 5.32 Å². The van der Waals surface area contributed by atoms with Crippen LogP contribution in [0.3, 0.4) is 0 Å². The molecule has 0 saturated carbocycles. The van der Waals surface area contributed by atoms with Crippen molar-refractivity contribution in [2.45, 2.75) is 57.0 Å². The molecule has 0 bridgehead atoms. The van der Waals surface area contributed by atoms with Gasteiger partial charge >= 0.3 is 6.09 Å². The third-order valence-electron chi connectivity index (χ3n) is 5.51. The lowest BCUT2D eigenvalue weighted by Crippen LogP contribution is -2.36. The summed E-state index contributed by atoms with van der Waals surface area (Å²) in [5, 5.41) is 2.76. The minimum Gasteiger partial charge on any atom is -0.441 e. The monoisotopic (exact) mass is 348 g/mol. The first-order valence-electron chi connectivity index (χ1n) is 9.03. The van der Waals surface area contributed by atoms with Crippen LogP contribution >= 0.6 is 11.3 Å². The summed E-state index contributed by atoms with van der Waals surface area (Å²) >= 11 is 1.69. The number of hydrogen-bond donors (Lipinski definition) is 1. The quantitative estimate of drug-likeness (QED) is 0.793. The van der Waals surface area contributed by atoms with E-state index < -0.39 is 5.60 Å². The third-order valence-corrected chi connectivity index (χ3v) is 6.73. The number of fused-ring (bicyclic) bond motifs is 1. The van der Waals surface area contributed by atoms with Gasteiger partial charge in [-0.05, 0) is 50.2 Å². The number of thiophene rings is 1. The standard InChI is InChI=1S/C18H24N2O3S/c21-16(15-11-13-5-2-1-3-6-14(13)24-15)20-9-4-7-18(8-10-20)12-19-17(22)23-18/h11H,1-10,12H2,(H,19,22)/t18-/m1/s1. The zero-order valence-electron chi connectivity index (χ0n) is 13.9. The van der Waals surface area contributed by atoms with Crippen LogP contribution in [0.1, 0.15) is 58.6 Å². The van der Waals surface area contributed by atoms with Gasteiger partial charge in [-0.15, -0.1) is 11.3 Å². The zero-order valence-corrected chi connectivity index (χ0v) is 14.8. The maximum absolute atomic E-state index is 12.9. The molecule has 1 atom stereocenters. The van der Waals surface area contributed by atoms with Crippen LogP contribution in [0.5, 0.6) is 0 Å². The molecule has 5 nitrogen and oxygen atoms in total. The molecule has 0 radical (unpaired) electrons. The number of rotatable bonds is 1. The van der Waals surface area contributed by atoms with Crippen LogP contribution in [0.15, 0.2) is 6.07 Å². The summed E-state index contributed by atoms with van der Waals surface area (Å²) in [6.45, 7) is 1.98. The van der Waals surface area contributed by atoms with E-state index in [1.807, 2.05) is 4.90 Å². The molecule has 24 heavy (non-hydrogen) atoms. The van der Waals surface area contributed by atoms with Crippen molar-refractivity contribution in [2.75, 3.05) is 19.6 Å². The average molecular weight is 348 g/mol. The van der Waals surface area contributed by atoms with Crippen LogP contribution in [0.2, 0.25) is 0 Å². The second kappa shape index (κ2) is 6.39. The number of ether oxygens (including phenoxy) is 1. The molecule has 1 aromatic rings. The van der Waals surface area contributed by atoms with Crippen LogP contribution in [0, 0.1) is 0 Å². The fourth-order valence-corrected chi connectivity index (χ4v) is 5.30. The summed E-state index contributed by atoms with van der Waals surface area (Å²) in [4.78, 5) is 28.6. The highest BCUT2D eigenvalue weighted by atomic mass is 32.1. The van der Waals surface area contributed by atoms with Crippen LogP contribution in [0.4, 0.5) is 4.79 Å². The Labute approximate surface area is 146 Å². The number of carbonyl (C=O) groups excluding carboxylic acids is 2. The van der Waals surface area contributed by atoms with Crippen molar-refractivity contribution in [3.05, 3.63) is 21.4 Å². The van der Waals surface area contributed by atoms with E-state index in [4.69, 9.17) is 4.74 Å². The number of nitrogens with one attached hydrogen (secondary N) is 1. The summed E-state index contributed by atoms with van der Waals surface area (Å²) < 4.78 is 5.50. The van der Waals surface area contributed by atoms with E-state index in [2.05, 4.69) is 11.4 Å². The fraction of sp³-hybridized carbons (Fsp3) is 0.667. The van der Waals surface area contributed by atoms with Crippen LogP contribution in [-0.2, 0) is 17.6 Å². The lowest BCUT2D eigenvalue weighted by molar-refractivity contribution is 0.0439. The number of hydrogen-bond acceptors (Lipinski definition) is 4. The van der Waals surface area contributed by atoms with Gasteiger partial charge in [-0.25, -0.2) is 4.79 Å². The second-order valence-corrected chi connectivity index (χ2v) is 8.33. The van der Waals surface area contributed by atoms with E-state index in [1.165, 1.54) is 29.7 Å². The Hall–Kier alpha value is -1.56. The molecule has 2 amide bonds. The number of carbonyl (C=O) groups is 2. The second-order valence-electron chi connectivity index (χ2n) is 7.19. The molecular formula is C18H24N2O3S. The molecule has 1 aliphatic carbocycles. The van der Waals surface area contributed by atoms with Crippen molar-refractivity contribution in [3.63, 3.8) is 0 Å². The molecule has 4 rings (SSSR count). The van der Waals surface area contributed by atoms with E-state index in [0.29, 0.717) is 13.1 Å². The smallest absolute Gasteiger partial charge is 0.407 e. The number of aryl methyl sites for hydroxylation is 2. The van der Waals surface area contributed by atoms with Gasteiger partial charge in [0.15, 0.2) is 0 Å². The van der Waals surface area contributed by atoms with Crippen molar-refractivity contribution >= 4 is 23.3 Å². The average Bonchev–Trinajstić information content (AvgIpc) is 2.98. The normalized spacial score (nSPS) is 27.2. The molecule has 3 heterocycles. The summed E-state index contributed by atoms with van der Waals surface area (Å²) in [6, 6.07) is 2.13. The molecule has 1 N–H and O–H groups in total. The predicted octanol–water partition coefficient (Wildman–Crippen LogP) is 3.12. The van der Waals surface area contributed by atoms with Gasteiger partial charge in [-0.3, -0.25) is 4.79 Å². The van der Waals surface area contributed by atoms with Gasteiger partial charge in [-0.2, -0.15) is 0 Å². The van der Waals surface area contributed by atoms with E-state index in [9.17, 15) is 9.59 Å². The number of likely N-dealkylation sites (tertiary alicyclic amines) is 1. The molecule has 1 spiro atoms. The summed E-state index contributed by atoms with van der Waals surface area (Å²) in [5.41, 5.74) is 0.986. The van der Waals surface area contributed by atoms with Gasteiger partial charge in [0.05, 0.1) is 11.4 Å². The predicted molar refractivity (Wildman–Crippen MR) is 92.5 cm³/mol. The van der Waals surface area contributed by atoms with E-state index >= 15 is 0 Å². The van der Waals surface area contributed by atoms with E-state index in [1.54, 1.807) is 11.3 Å². The van der Waals surface area contributed by atoms with Gasteiger partial charge in [0, 0.05) is 24.4 Å². The molecule has 2 aliphatic heterocycles. The molecule has 6 heteroatoms. The third kappa shape index (κ3) is 3.04. The topological polar surface area (TPSA) is 58.6 Å². The van der Waals surface area contributed by atoms with Crippen molar-refractivity contribution < 1.29 is 14.3 Å². The highest BCUT2D eigenvalue weighted by Crippen LogP contribution is 2.32. The number of amides is 2. The van der Waals surface area contributed by atoms with Gasteiger partial charge < -0.3 is 15.0 Å². The Morgan fingerprint density at radius 2 is 2.04 bits per heavy atom. The number of alkyl carbamates (subject to hydrolysis) is 1. The van der Waals surface area contributed by atoms with Crippen LogP contribution in [0.25, 0.3) is 0 Å². The summed E-state index contributed by atoms with van der Waals surface area (Å²) in [7, 11) is 0. The maximum Gasteiger partial charge on any atom is 0.407 e. The van der Waals surface area contributed by atoms with Gasteiger partial charge in [0.25, 0.3) is 5.91 Å². The first-order chi connectivity index (χ1) is 11.7. The molecule has 1 aromatic heterocycles. The first kappa shape index (κ1) is 15.9. The Kier molecular flexibility index (Phi) is 4.24. The lowest BCUT2D eigenvalue weighted by atomic mass is 9.95.